The molecule has 156 valence electrons. The maximum absolute atomic E-state index is 13.0. The molecule has 0 bridgehead atoms. The second-order valence-corrected chi connectivity index (χ2v) is 7.74. The van der Waals surface area contributed by atoms with Crippen LogP contribution in [0.25, 0.3) is 6.08 Å². The summed E-state index contributed by atoms with van der Waals surface area (Å²) in [6, 6.07) is 7.40. The lowest BCUT2D eigenvalue weighted by atomic mass is 10.1. The van der Waals surface area contributed by atoms with Gasteiger partial charge in [-0.2, -0.15) is 0 Å². The van der Waals surface area contributed by atoms with Crippen molar-refractivity contribution in [3.63, 3.8) is 0 Å². The number of carbonyl (C=O) groups is 3. The number of nitrogens with zero attached hydrogens (tertiary/aromatic N) is 2. The number of ether oxygens (including phenoxy) is 1. The number of benzene rings is 1. The number of imide groups is 2. The molecule has 30 heavy (non-hydrogen) atoms. The summed E-state index contributed by atoms with van der Waals surface area (Å²) in [6.45, 7) is 4.14. The third-order valence-electron chi connectivity index (χ3n) is 4.88. The van der Waals surface area contributed by atoms with E-state index in [2.05, 4.69) is 26.1 Å². The van der Waals surface area contributed by atoms with Crippen LogP contribution in [0.4, 0.5) is 16.4 Å². The molecular formula is C21H20BrN3O5. The van der Waals surface area contributed by atoms with Crippen molar-refractivity contribution in [2.45, 2.75) is 19.8 Å². The van der Waals surface area contributed by atoms with Crippen molar-refractivity contribution in [2.75, 3.05) is 29.5 Å². The smallest absolute Gasteiger partial charge is 0.335 e. The third kappa shape index (κ3) is 3.85. The fraction of sp³-hybridized carbons (Fsp3) is 0.286. The molecule has 2 aromatic rings. The van der Waals surface area contributed by atoms with E-state index in [1.54, 1.807) is 30.3 Å². The lowest BCUT2D eigenvalue weighted by Crippen LogP contribution is -2.54. The van der Waals surface area contributed by atoms with Crippen molar-refractivity contribution < 1.29 is 23.5 Å². The Morgan fingerprint density at radius 2 is 1.87 bits per heavy atom. The number of amides is 4. The number of hydrogen-bond acceptors (Lipinski definition) is 6. The molecule has 0 atom stereocenters. The first kappa shape index (κ1) is 20.2. The number of urea groups is 1. The highest BCUT2D eigenvalue weighted by Crippen LogP contribution is 2.34. The van der Waals surface area contributed by atoms with Crippen LogP contribution >= 0.6 is 15.9 Å². The van der Waals surface area contributed by atoms with Gasteiger partial charge < -0.3 is 14.1 Å². The summed E-state index contributed by atoms with van der Waals surface area (Å²) in [7, 11) is 0. The first-order valence-electron chi connectivity index (χ1n) is 9.66. The molecule has 4 rings (SSSR count). The van der Waals surface area contributed by atoms with E-state index in [0.717, 1.165) is 35.3 Å². The number of nitrogens with one attached hydrogen (secondary N) is 1. The van der Waals surface area contributed by atoms with Crippen molar-refractivity contribution in [3.05, 3.63) is 46.1 Å². The van der Waals surface area contributed by atoms with Gasteiger partial charge in [-0.1, -0.05) is 0 Å². The van der Waals surface area contributed by atoms with E-state index in [1.165, 1.54) is 6.08 Å². The number of hydrogen-bond donors (Lipinski definition) is 1. The Bertz CT molecular complexity index is 1020. The van der Waals surface area contributed by atoms with Crippen LogP contribution in [-0.2, 0) is 9.59 Å². The zero-order chi connectivity index (χ0) is 21.3. The average Bonchev–Trinajstić information content (AvgIpc) is 3.36. The molecule has 0 unspecified atom stereocenters. The first-order valence-corrected chi connectivity index (χ1v) is 10.5. The molecule has 2 saturated heterocycles. The minimum atomic E-state index is -0.801. The molecule has 0 spiro atoms. The molecule has 0 radical (unpaired) electrons. The zero-order valence-electron chi connectivity index (χ0n) is 16.3. The number of carbonyl (C=O) groups excluding carboxylic acids is 3. The highest BCUT2D eigenvalue weighted by atomic mass is 79.9. The van der Waals surface area contributed by atoms with E-state index in [1.807, 2.05) is 6.92 Å². The largest absolute Gasteiger partial charge is 0.494 e. The van der Waals surface area contributed by atoms with Crippen molar-refractivity contribution in [3.8, 4) is 5.75 Å². The van der Waals surface area contributed by atoms with E-state index < -0.39 is 17.8 Å². The topological polar surface area (TPSA) is 92.1 Å². The van der Waals surface area contributed by atoms with Gasteiger partial charge in [0.25, 0.3) is 11.8 Å². The molecular weight excluding hydrogens is 454 g/mol. The fourth-order valence-corrected chi connectivity index (χ4v) is 4.03. The van der Waals surface area contributed by atoms with Crippen molar-refractivity contribution >= 4 is 51.4 Å². The van der Waals surface area contributed by atoms with E-state index in [-0.39, 0.29) is 5.57 Å². The van der Waals surface area contributed by atoms with Crippen molar-refractivity contribution in [1.82, 2.24) is 5.32 Å². The van der Waals surface area contributed by atoms with Crippen LogP contribution in [-0.4, -0.2) is 37.5 Å². The lowest BCUT2D eigenvalue weighted by molar-refractivity contribution is -0.122. The van der Waals surface area contributed by atoms with Crippen LogP contribution in [0.2, 0.25) is 0 Å². The SMILES string of the molecule is CCOc1ccc(N2C(=O)NC(=O)/C(=C\c3cc(Br)c(N4CCCC4)o3)C2=O)cc1. The van der Waals surface area contributed by atoms with E-state index in [0.29, 0.717) is 29.7 Å². The van der Waals surface area contributed by atoms with Gasteiger partial charge in [-0.05, 0) is 66.0 Å². The summed E-state index contributed by atoms with van der Waals surface area (Å²) in [5.74, 6) is 0.157. The average molecular weight is 474 g/mol. The van der Waals surface area contributed by atoms with Gasteiger partial charge in [0.15, 0.2) is 0 Å². The second-order valence-electron chi connectivity index (χ2n) is 6.88. The fourth-order valence-electron chi connectivity index (χ4n) is 3.48. The van der Waals surface area contributed by atoms with Gasteiger partial charge in [-0.3, -0.25) is 14.9 Å². The predicted molar refractivity (Wildman–Crippen MR) is 114 cm³/mol. The van der Waals surface area contributed by atoms with E-state index in [9.17, 15) is 14.4 Å². The van der Waals surface area contributed by atoms with Crippen LogP contribution in [0.3, 0.4) is 0 Å². The molecule has 4 amide bonds. The Balaban J connectivity index is 1.63. The van der Waals surface area contributed by atoms with Crippen LogP contribution in [0, 0.1) is 0 Å². The Labute approximate surface area is 181 Å². The monoisotopic (exact) mass is 473 g/mol. The third-order valence-corrected chi connectivity index (χ3v) is 5.44. The van der Waals surface area contributed by atoms with Crippen LogP contribution in [0.1, 0.15) is 25.5 Å². The van der Waals surface area contributed by atoms with Crippen LogP contribution in [0.5, 0.6) is 5.75 Å². The maximum Gasteiger partial charge on any atom is 0.335 e. The van der Waals surface area contributed by atoms with Crippen LogP contribution in [0.15, 0.2) is 44.8 Å². The standard InChI is InChI=1S/C21H20BrN3O5/c1-2-29-14-7-5-13(6-8-14)25-19(27)16(18(26)23-21(25)28)11-15-12-17(22)20(30-15)24-9-3-4-10-24/h5-8,11-12H,2-4,9-10H2,1H3,(H,23,26,28)/b16-11+. The van der Waals surface area contributed by atoms with E-state index >= 15 is 0 Å². The molecule has 2 aliphatic rings. The number of anilines is 2. The molecule has 2 fully saturated rings. The number of furan rings is 1. The Morgan fingerprint density at radius 1 is 1.17 bits per heavy atom. The molecule has 0 saturated carbocycles. The summed E-state index contributed by atoms with van der Waals surface area (Å²) < 4.78 is 12.0. The maximum atomic E-state index is 13.0. The number of halogens is 1. The van der Waals surface area contributed by atoms with Gasteiger partial charge >= 0.3 is 6.03 Å². The molecule has 1 N–H and O–H groups in total. The van der Waals surface area contributed by atoms with Gasteiger partial charge in [0.1, 0.15) is 17.1 Å². The second kappa shape index (κ2) is 8.35. The highest BCUT2D eigenvalue weighted by molar-refractivity contribution is 9.10. The first-order chi connectivity index (χ1) is 14.5. The number of rotatable bonds is 5. The predicted octanol–water partition coefficient (Wildman–Crippen LogP) is 3.71. The summed E-state index contributed by atoms with van der Waals surface area (Å²) in [5.41, 5.74) is 0.149. The van der Waals surface area contributed by atoms with Gasteiger partial charge in [-0.25, -0.2) is 9.69 Å². The van der Waals surface area contributed by atoms with Crippen molar-refractivity contribution in [2.24, 2.45) is 0 Å². The summed E-state index contributed by atoms with van der Waals surface area (Å²) >= 11 is 3.47. The minimum Gasteiger partial charge on any atom is -0.494 e. The summed E-state index contributed by atoms with van der Waals surface area (Å²) in [5, 5.41) is 2.21. The Hall–Kier alpha value is -3.07. The van der Waals surface area contributed by atoms with Gasteiger partial charge in [-0.15, -0.1) is 0 Å². The lowest BCUT2D eigenvalue weighted by Gasteiger charge is -2.26. The normalized spacial score (nSPS) is 18.3. The van der Waals surface area contributed by atoms with Crippen LogP contribution < -0.4 is 19.9 Å². The molecule has 1 aromatic carbocycles. The van der Waals surface area contributed by atoms with Gasteiger partial charge in [0.2, 0.25) is 5.88 Å². The van der Waals surface area contributed by atoms with Gasteiger partial charge in [0.05, 0.1) is 16.8 Å². The number of barbiturate groups is 1. The minimum absolute atomic E-state index is 0.183. The molecule has 2 aliphatic heterocycles. The summed E-state index contributed by atoms with van der Waals surface area (Å²) in [4.78, 5) is 40.7. The molecule has 9 heteroatoms. The molecule has 1 aromatic heterocycles. The Kier molecular flexibility index (Phi) is 5.63. The molecule has 8 nitrogen and oxygen atoms in total. The van der Waals surface area contributed by atoms with Crippen molar-refractivity contribution in [1.29, 1.82) is 0 Å². The highest BCUT2D eigenvalue weighted by Gasteiger charge is 2.37. The Morgan fingerprint density at radius 3 is 2.53 bits per heavy atom. The quantitative estimate of drug-likeness (QED) is 0.525. The zero-order valence-corrected chi connectivity index (χ0v) is 17.9. The van der Waals surface area contributed by atoms with Gasteiger partial charge in [0, 0.05) is 19.2 Å². The van der Waals surface area contributed by atoms with E-state index in [4.69, 9.17) is 9.15 Å². The summed E-state index contributed by atoms with van der Waals surface area (Å²) in [6.07, 6.45) is 3.53. The molecule has 3 heterocycles. The molecule has 0 aliphatic carbocycles.